The standard InChI is InChI=1S/C17H16N2O3S/c1-4-22-17(21)14-11(3)13(9-18)16(23-14)19-15(20)12-7-5-6-10(2)8-12/h5-8H,4H2,1-3H3,(H,19,20). The van der Waals surface area contributed by atoms with Gasteiger partial charge in [0.15, 0.2) is 0 Å². The van der Waals surface area contributed by atoms with Crippen LogP contribution in [0.2, 0.25) is 0 Å². The molecule has 0 unspecified atom stereocenters. The van der Waals surface area contributed by atoms with Crippen molar-refractivity contribution in [3.8, 4) is 6.07 Å². The molecule has 0 saturated heterocycles. The minimum Gasteiger partial charge on any atom is -0.462 e. The Hall–Kier alpha value is -2.65. The van der Waals surface area contributed by atoms with E-state index in [4.69, 9.17) is 4.74 Å². The molecule has 0 radical (unpaired) electrons. The Morgan fingerprint density at radius 3 is 2.70 bits per heavy atom. The number of nitrogens with zero attached hydrogens (tertiary/aromatic N) is 1. The Kier molecular flexibility index (Phi) is 5.14. The van der Waals surface area contributed by atoms with Crippen molar-refractivity contribution in [2.75, 3.05) is 11.9 Å². The Balaban J connectivity index is 2.33. The lowest BCUT2D eigenvalue weighted by Gasteiger charge is -2.04. The van der Waals surface area contributed by atoms with Crippen molar-refractivity contribution in [2.45, 2.75) is 20.8 Å². The first kappa shape index (κ1) is 16.7. The molecule has 6 heteroatoms. The van der Waals surface area contributed by atoms with Crippen molar-refractivity contribution in [3.05, 3.63) is 51.4 Å². The van der Waals surface area contributed by atoms with Gasteiger partial charge in [0.05, 0.1) is 12.2 Å². The lowest BCUT2D eigenvalue weighted by molar-refractivity contribution is 0.0531. The van der Waals surface area contributed by atoms with Crippen molar-refractivity contribution in [3.63, 3.8) is 0 Å². The average Bonchev–Trinajstić information content (AvgIpc) is 2.83. The van der Waals surface area contributed by atoms with Gasteiger partial charge in [-0.2, -0.15) is 5.26 Å². The van der Waals surface area contributed by atoms with Crippen molar-refractivity contribution in [1.82, 2.24) is 0 Å². The van der Waals surface area contributed by atoms with E-state index < -0.39 is 5.97 Å². The molecule has 118 valence electrons. The van der Waals surface area contributed by atoms with E-state index in [0.717, 1.165) is 16.9 Å². The van der Waals surface area contributed by atoms with Gasteiger partial charge < -0.3 is 10.1 Å². The number of anilines is 1. The first-order valence-corrected chi connectivity index (χ1v) is 7.88. The third kappa shape index (κ3) is 3.58. The normalized spacial score (nSPS) is 10.0. The lowest BCUT2D eigenvalue weighted by Crippen LogP contribution is -2.11. The van der Waals surface area contributed by atoms with Crippen LogP contribution in [0.4, 0.5) is 5.00 Å². The second-order valence-corrected chi connectivity index (χ2v) is 5.94. The SMILES string of the molecule is CCOC(=O)c1sc(NC(=O)c2cccc(C)c2)c(C#N)c1C. The number of carbonyl (C=O) groups is 2. The molecule has 1 heterocycles. The molecule has 0 saturated carbocycles. The van der Waals surface area contributed by atoms with Gasteiger partial charge >= 0.3 is 5.97 Å². The van der Waals surface area contributed by atoms with Crippen molar-refractivity contribution in [2.24, 2.45) is 0 Å². The summed E-state index contributed by atoms with van der Waals surface area (Å²) >= 11 is 1.06. The van der Waals surface area contributed by atoms with Crippen molar-refractivity contribution < 1.29 is 14.3 Å². The smallest absolute Gasteiger partial charge is 0.348 e. The number of thiophene rings is 1. The zero-order valence-corrected chi connectivity index (χ0v) is 13.9. The number of carbonyl (C=O) groups excluding carboxylic acids is 2. The molecule has 0 fully saturated rings. The monoisotopic (exact) mass is 328 g/mol. The Labute approximate surface area is 138 Å². The summed E-state index contributed by atoms with van der Waals surface area (Å²) in [5.41, 5.74) is 2.28. The molecule has 5 nitrogen and oxygen atoms in total. The third-order valence-corrected chi connectivity index (χ3v) is 4.41. The summed E-state index contributed by atoms with van der Waals surface area (Å²) < 4.78 is 4.98. The van der Waals surface area contributed by atoms with Gasteiger partial charge in [0.25, 0.3) is 5.91 Å². The largest absolute Gasteiger partial charge is 0.462 e. The maximum atomic E-state index is 12.3. The summed E-state index contributed by atoms with van der Waals surface area (Å²) in [5, 5.41) is 12.4. The molecule has 0 aliphatic carbocycles. The molecule has 0 aliphatic heterocycles. The van der Waals surface area contributed by atoms with Gasteiger partial charge in [-0.3, -0.25) is 4.79 Å². The molecule has 1 amide bonds. The highest BCUT2D eigenvalue weighted by Gasteiger charge is 2.22. The van der Waals surface area contributed by atoms with E-state index in [-0.39, 0.29) is 12.5 Å². The Morgan fingerprint density at radius 1 is 1.35 bits per heavy atom. The van der Waals surface area contributed by atoms with Gasteiger partial charge in [-0.25, -0.2) is 4.79 Å². The van der Waals surface area contributed by atoms with Crippen LogP contribution < -0.4 is 5.32 Å². The van der Waals surface area contributed by atoms with Crippen LogP contribution in [-0.2, 0) is 4.74 Å². The van der Waals surface area contributed by atoms with Crippen molar-refractivity contribution in [1.29, 1.82) is 5.26 Å². The molecule has 23 heavy (non-hydrogen) atoms. The number of nitriles is 1. The van der Waals surface area contributed by atoms with E-state index in [0.29, 0.717) is 26.6 Å². The van der Waals surface area contributed by atoms with Gasteiger partial charge in [0, 0.05) is 5.56 Å². The second kappa shape index (κ2) is 7.07. The molecule has 1 N–H and O–H groups in total. The van der Waals surface area contributed by atoms with Crippen molar-refractivity contribution >= 4 is 28.2 Å². The van der Waals surface area contributed by atoms with Gasteiger partial charge in [-0.05, 0) is 38.5 Å². The summed E-state index contributed by atoms with van der Waals surface area (Å²) in [5.74, 6) is -0.801. The molecule has 1 aromatic carbocycles. The maximum Gasteiger partial charge on any atom is 0.348 e. The second-order valence-electron chi connectivity index (χ2n) is 4.92. The van der Waals surface area contributed by atoms with Crippen LogP contribution in [0.15, 0.2) is 24.3 Å². The lowest BCUT2D eigenvalue weighted by atomic mass is 10.1. The fourth-order valence-corrected chi connectivity index (χ4v) is 3.14. The van der Waals surface area contributed by atoms with E-state index in [2.05, 4.69) is 5.32 Å². The highest BCUT2D eigenvalue weighted by Crippen LogP contribution is 2.33. The zero-order chi connectivity index (χ0) is 17.0. The number of benzene rings is 1. The topological polar surface area (TPSA) is 79.2 Å². The van der Waals surface area contributed by atoms with Gasteiger partial charge in [0.2, 0.25) is 0 Å². The number of ether oxygens (including phenoxy) is 1. The zero-order valence-electron chi connectivity index (χ0n) is 13.1. The molecule has 0 bridgehead atoms. The van der Waals surface area contributed by atoms with Crippen LogP contribution >= 0.6 is 11.3 Å². The Morgan fingerprint density at radius 2 is 2.09 bits per heavy atom. The summed E-state index contributed by atoms with van der Waals surface area (Å²) in [4.78, 5) is 24.6. The molecule has 1 aromatic heterocycles. The van der Waals surface area contributed by atoms with E-state index in [1.54, 1.807) is 32.0 Å². The minimum atomic E-state index is -0.484. The molecule has 0 atom stereocenters. The molecule has 2 rings (SSSR count). The first-order valence-electron chi connectivity index (χ1n) is 7.06. The van der Waals surface area contributed by atoms with Crippen LogP contribution in [0.3, 0.4) is 0 Å². The third-order valence-electron chi connectivity index (χ3n) is 3.23. The summed E-state index contributed by atoms with van der Waals surface area (Å²) in [6, 6.07) is 9.18. The highest BCUT2D eigenvalue weighted by molar-refractivity contribution is 7.18. The highest BCUT2D eigenvalue weighted by atomic mass is 32.1. The van der Waals surface area contributed by atoms with Crippen LogP contribution in [-0.4, -0.2) is 18.5 Å². The number of hydrogen-bond acceptors (Lipinski definition) is 5. The molecule has 0 spiro atoms. The summed E-state index contributed by atoms with van der Waals surface area (Å²) in [6.07, 6.45) is 0. The Bertz CT molecular complexity index is 803. The minimum absolute atomic E-state index is 0.253. The number of amides is 1. The van der Waals surface area contributed by atoms with Gasteiger partial charge in [-0.15, -0.1) is 11.3 Å². The van der Waals surface area contributed by atoms with Crippen LogP contribution in [0.5, 0.6) is 0 Å². The van der Waals surface area contributed by atoms with Gasteiger partial charge in [-0.1, -0.05) is 17.7 Å². The number of esters is 1. The number of rotatable bonds is 4. The quantitative estimate of drug-likeness (QED) is 0.869. The number of hydrogen-bond donors (Lipinski definition) is 1. The summed E-state index contributed by atoms with van der Waals surface area (Å²) in [6.45, 7) is 5.53. The van der Waals surface area contributed by atoms with Crippen LogP contribution in [0.1, 0.15) is 43.6 Å². The van der Waals surface area contributed by atoms with E-state index in [1.807, 2.05) is 19.1 Å². The molecule has 2 aromatic rings. The predicted octanol–water partition coefficient (Wildman–Crippen LogP) is 3.67. The first-order chi connectivity index (χ1) is 11.0. The van der Waals surface area contributed by atoms with E-state index >= 15 is 0 Å². The fraction of sp³-hybridized carbons (Fsp3) is 0.235. The maximum absolute atomic E-state index is 12.3. The van der Waals surface area contributed by atoms with E-state index in [1.165, 1.54) is 0 Å². The average molecular weight is 328 g/mol. The molecular weight excluding hydrogens is 312 g/mol. The number of nitrogens with one attached hydrogen (secondary N) is 1. The predicted molar refractivity (Wildman–Crippen MR) is 88.9 cm³/mol. The summed E-state index contributed by atoms with van der Waals surface area (Å²) in [7, 11) is 0. The fourth-order valence-electron chi connectivity index (χ4n) is 2.09. The van der Waals surface area contributed by atoms with Gasteiger partial charge in [0.1, 0.15) is 15.9 Å². The van der Waals surface area contributed by atoms with E-state index in [9.17, 15) is 14.9 Å². The molecular formula is C17H16N2O3S. The number of aryl methyl sites for hydroxylation is 1. The molecule has 0 aliphatic rings. The van der Waals surface area contributed by atoms with Crippen LogP contribution in [0, 0.1) is 25.2 Å². The van der Waals surface area contributed by atoms with Crippen LogP contribution in [0.25, 0.3) is 0 Å².